The van der Waals surface area contributed by atoms with Crippen LogP contribution in [-0.2, 0) is 6.54 Å². The van der Waals surface area contributed by atoms with Crippen LogP contribution in [0, 0.1) is 0 Å². The summed E-state index contributed by atoms with van der Waals surface area (Å²) in [6.45, 7) is 0.363. The summed E-state index contributed by atoms with van der Waals surface area (Å²) >= 11 is 0. The van der Waals surface area contributed by atoms with Crippen molar-refractivity contribution in [2.75, 3.05) is 5.32 Å². The molecule has 5 aromatic rings. The van der Waals surface area contributed by atoms with Crippen LogP contribution in [0.2, 0.25) is 0 Å². The van der Waals surface area contributed by atoms with E-state index in [-0.39, 0.29) is 11.6 Å². The standard InChI is InChI=1S/C22H16N6O3/c29-19-6-2-8-24-20(19)27-22(30)16-10-18(14-4-1-7-23-11-14)26-21-17(16)12-25-28(21)13-15-5-3-9-31-15/h1-12,29H,13H2,(H,24,27,30). The second-order valence-electron chi connectivity index (χ2n) is 6.74. The second-order valence-corrected chi connectivity index (χ2v) is 6.74. The number of pyridine rings is 3. The molecule has 0 fully saturated rings. The van der Waals surface area contributed by atoms with Gasteiger partial charge in [-0.1, -0.05) is 0 Å². The van der Waals surface area contributed by atoms with Gasteiger partial charge in [0.05, 0.1) is 29.1 Å². The van der Waals surface area contributed by atoms with E-state index in [1.165, 1.54) is 12.3 Å². The molecule has 0 aliphatic heterocycles. The Bertz CT molecular complexity index is 1360. The first kappa shape index (κ1) is 18.5. The molecule has 0 unspecified atom stereocenters. The van der Waals surface area contributed by atoms with Gasteiger partial charge in [0.15, 0.2) is 17.2 Å². The Morgan fingerprint density at radius 2 is 2.03 bits per heavy atom. The molecule has 0 aliphatic rings. The maximum absolute atomic E-state index is 13.1. The molecule has 0 aliphatic carbocycles. The van der Waals surface area contributed by atoms with Crippen molar-refractivity contribution in [1.29, 1.82) is 0 Å². The van der Waals surface area contributed by atoms with Crippen molar-refractivity contribution in [2.45, 2.75) is 6.54 Å². The molecular weight excluding hydrogens is 396 g/mol. The summed E-state index contributed by atoms with van der Waals surface area (Å²) in [5.41, 5.74) is 2.19. The summed E-state index contributed by atoms with van der Waals surface area (Å²) in [7, 11) is 0. The smallest absolute Gasteiger partial charge is 0.257 e. The van der Waals surface area contributed by atoms with Crippen LogP contribution in [0.5, 0.6) is 5.75 Å². The molecule has 1 amide bonds. The molecule has 0 radical (unpaired) electrons. The van der Waals surface area contributed by atoms with Gasteiger partial charge >= 0.3 is 0 Å². The normalized spacial score (nSPS) is 11.0. The lowest BCUT2D eigenvalue weighted by Gasteiger charge is -2.10. The van der Waals surface area contributed by atoms with Gasteiger partial charge in [-0.15, -0.1) is 0 Å². The van der Waals surface area contributed by atoms with E-state index >= 15 is 0 Å². The number of carbonyl (C=O) groups is 1. The van der Waals surface area contributed by atoms with Gasteiger partial charge in [-0.25, -0.2) is 14.6 Å². The van der Waals surface area contributed by atoms with Crippen LogP contribution in [0.3, 0.4) is 0 Å². The third-order valence-corrected chi connectivity index (χ3v) is 4.72. The summed E-state index contributed by atoms with van der Waals surface area (Å²) in [5.74, 6) is 0.220. The maximum atomic E-state index is 13.1. The molecule has 0 bridgehead atoms. The van der Waals surface area contributed by atoms with E-state index in [4.69, 9.17) is 9.40 Å². The molecule has 31 heavy (non-hydrogen) atoms. The molecule has 9 heteroatoms. The largest absolute Gasteiger partial charge is 0.504 e. The highest BCUT2D eigenvalue weighted by atomic mass is 16.3. The fraction of sp³-hybridized carbons (Fsp3) is 0.0455. The van der Waals surface area contributed by atoms with Gasteiger partial charge in [-0.3, -0.25) is 9.78 Å². The van der Waals surface area contributed by atoms with Crippen molar-refractivity contribution in [3.05, 3.63) is 84.8 Å². The Morgan fingerprint density at radius 3 is 2.81 bits per heavy atom. The monoisotopic (exact) mass is 412 g/mol. The second kappa shape index (κ2) is 7.71. The van der Waals surface area contributed by atoms with Crippen molar-refractivity contribution in [2.24, 2.45) is 0 Å². The summed E-state index contributed by atoms with van der Waals surface area (Å²) in [6, 6.07) is 12.0. The predicted molar refractivity (Wildman–Crippen MR) is 112 cm³/mol. The summed E-state index contributed by atoms with van der Waals surface area (Å²) in [5, 5.41) is 17.6. The number of aromatic hydroxyl groups is 1. The van der Waals surface area contributed by atoms with Gasteiger partial charge in [0.1, 0.15) is 12.3 Å². The number of rotatable bonds is 5. The van der Waals surface area contributed by atoms with Crippen molar-refractivity contribution in [3.63, 3.8) is 0 Å². The third kappa shape index (κ3) is 3.60. The Kier molecular flexibility index (Phi) is 4.60. The van der Waals surface area contributed by atoms with Crippen LogP contribution in [0.1, 0.15) is 16.1 Å². The molecule has 9 nitrogen and oxygen atoms in total. The predicted octanol–water partition coefficient (Wildman–Crippen LogP) is 3.49. The Labute approximate surface area is 176 Å². The van der Waals surface area contributed by atoms with Crippen LogP contribution in [0.25, 0.3) is 22.3 Å². The molecule has 5 rings (SSSR count). The minimum atomic E-state index is -0.441. The van der Waals surface area contributed by atoms with Gasteiger partial charge in [-0.2, -0.15) is 5.10 Å². The minimum Gasteiger partial charge on any atom is -0.504 e. The van der Waals surface area contributed by atoms with Gasteiger partial charge in [0.2, 0.25) is 0 Å². The first-order valence-corrected chi connectivity index (χ1v) is 9.44. The molecular formula is C22H16N6O3. The number of nitrogens with one attached hydrogen (secondary N) is 1. The zero-order valence-electron chi connectivity index (χ0n) is 16.1. The summed E-state index contributed by atoms with van der Waals surface area (Å²) in [6.07, 6.45) is 8.01. The number of fused-ring (bicyclic) bond motifs is 1. The number of amides is 1. The minimum absolute atomic E-state index is 0.0726. The molecule has 0 spiro atoms. The fourth-order valence-electron chi connectivity index (χ4n) is 3.23. The lowest BCUT2D eigenvalue weighted by atomic mass is 10.1. The van der Waals surface area contributed by atoms with E-state index in [2.05, 4.69) is 20.4 Å². The summed E-state index contributed by atoms with van der Waals surface area (Å²) in [4.78, 5) is 26.0. The molecule has 5 aromatic heterocycles. The summed E-state index contributed by atoms with van der Waals surface area (Å²) < 4.78 is 7.10. The van der Waals surface area contributed by atoms with Crippen molar-refractivity contribution < 1.29 is 14.3 Å². The zero-order valence-corrected chi connectivity index (χ0v) is 16.1. The number of anilines is 1. The van der Waals surface area contributed by atoms with Gasteiger partial charge < -0.3 is 14.8 Å². The highest BCUT2D eigenvalue weighted by Gasteiger charge is 2.19. The molecule has 0 aromatic carbocycles. The lowest BCUT2D eigenvalue weighted by molar-refractivity contribution is 0.102. The van der Waals surface area contributed by atoms with E-state index < -0.39 is 5.91 Å². The van der Waals surface area contributed by atoms with E-state index in [1.807, 2.05) is 12.1 Å². The number of nitrogens with zero attached hydrogens (tertiary/aromatic N) is 5. The highest BCUT2D eigenvalue weighted by Crippen LogP contribution is 2.27. The topological polar surface area (TPSA) is 119 Å². The molecule has 2 N–H and O–H groups in total. The lowest BCUT2D eigenvalue weighted by Crippen LogP contribution is -2.14. The first-order valence-electron chi connectivity index (χ1n) is 9.44. The Balaban J connectivity index is 1.63. The SMILES string of the molecule is O=C(Nc1ncccc1O)c1cc(-c2cccnc2)nc2c1cnn2Cc1ccco1. The Morgan fingerprint density at radius 1 is 1.13 bits per heavy atom. The van der Waals surface area contributed by atoms with E-state index in [9.17, 15) is 9.90 Å². The van der Waals surface area contributed by atoms with E-state index in [0.29, 0.717) is 34.6 Å². The van der Waals surface area contributed by atoms with Crippen molar-refractivity contribution >= 4 is 22.8 Å². The number of aromatic nitrogens is 5. The van der Waals surface area contributed by atoms with Crippen LogP contribution in [-0.4, -0.2) is 35.7 Å². The fourth-order valence-corrected chi connectivity index (χ4v) is 3.23. The van der Waals surface area contributed by atoms with E-state index in [0.717, 1.165) is 5.56 Å². The quantitative estimate of drug-likeness (QED) is 0.453. The number of furan rings is 1. The van der Waals surface area contributed by atoms with Crippen LogP contribution >= 0.6 is 0 Å². The zero-order chi connectivity index (χ0) is 21.2. The number of hydrogen-bond donors (Lipinski definition) is 2. The average Bonchev–Trinajstić information content (AvgIpc) is 3.46. The van der Waals surface area contributed by atoms with E-state index in [1.54, 1.807) is 53.8 Å². The molecule has 152 valence electrons. The van der Waals surface area contributed by atoms with Crippen molar-refractivity contribution in [3.8, 4) is 17.0 Å². The third-order valence-electron chi connectivity index (χ3n) is 4.72. The van der Waals surface area contributed by atoms with Gasteiger partial charge in [0.25, 0.3) is 5.91 Å². The molecule has 0 saturated heterocycles. The maximum Gasteiger partial charge on any atom is 0.257 e. The molecule has 0 saturated carbocycles. The van der Waals surface area contributed by atoms with Crippen LogP contribution in [0.15, 0.2) is 77.9 Å². The highest BCUT2D eigenvalue weighted by molar-refractivity contribution is 6.12. The molecule has 0 atom stereocenters. The first-order chi connectivity index (χ1) is 15.2. The molecule has 5 heterocycles. The van der Waals surface area contributed by atoms with Gasteiger partial charge in [-0.05, 0) is 42.5 Å². The Hall–Kier alpha value is -4.53. The van der Waals surface area contributed by atoms with Crippen LogP contribution in [0.4, 0.5) is 5.82 Å². The number of hydrogen-bond acceptors (Lipinski definition) is 7. The van der Waals surface area contributed by atoms with Gasteiger partial charge in [0, 0.05) is 24.2 Å². The van der Waals surface area contributed by atoms with Crippen molar-refractivity contribution in [1.82, 2.24) is 24.7 Å². The number of carbonyl (C=O) groups excluding carboxylic acids is 1. The average molecular weight is 412 g/mol. The van der Waals surface area contributed by atoms with Crippen LogP contribution < -0.4 is 5.32 Å².